The fourth-order valence-corrected chi connectivity index (χ4v) is 0. The molecule has 0 unspecified atom stereocenters. The van der Waals surface area contributed by atoms with Gasteiger partial charge in [-0.3, -0.25) is 8.55 Å². The largest absolute Gasteiger partial charge is 1.00 e. The van der Waals surface area contributed by atoms with Crippen molar-refractivity contribution in [2.24, 2.45) is 0 Å². The SMILES string of the molecule is [K+].[SiH3][SiH-][SiH3]. The molecule has 0 spiro atoms. The van der Waals surface area contributed by atoms with Crippen LogP contribution in [-0.2, 0) is 0 Å². The molecular weight excluding hydrogens is 123 g/mol. The van der Waals surface area contributed by atoms with E-state index in [2.05, 4.69) is 0 Å². The van der Waals surface area contributed by atoms with Crippen molar-refractivity contribution in [3.05, 3.63) is 0 Å². The van der Waals surface area contributed by atoms with E-state index in [1.807, 2.05) is 0 Å². The fourth-order valence-electron chi connectivity index (χ4n) is 0. The van der Waals surface area contributed by atoms with E-state index in [0.717, 1.165) is 8.55 Å². The molecule has 0 rings (SSSR count). The van der Waals surface area contributed by atoms with Gasteiger partial charge in [0.2, 0.25) is 0 Å². The molecule has 0 fully saturated rings. The minimum Gasteiger partial charge on any atom is -0.293 e. The van der Waals surface area contributed by atoms with Crippen LogP contribution in [-0.4, -0.2) is 28.1 Å². The maximum absolute atomic E-state index is 1.51. The first-order valence-electron chi connectivity index (χ1n) is 1.15. The quantitative estimate of drug-likeness (QED) is 0.287. The van der Waals surface area contributed by atoms with Gasteiger partial charge in [0.05, 0.1) is 0 Å². The van der Waals surface area contributed by atoms with E-state index in [1.165, 1.54) is 19.5 Å². The van der Waals surface area contributed by atoms with Crippen LogP contribution in [0.2, 0.25) is 0 Å². The van der Waals surface area contributed by atoms with Crippen LogP contribution in [0, 0.1) is 0 Å². The molecular formula is H7KSi3. The average molecular weight is 130 g/mol. The van der Waals surface area contributed by atoms with Gasteiger partial charge in [-0.2, -0.15) is 0 Å². The molecule has 0 heterocycles. The zero-order valence-corrected chi connectivity index (χ0v) is 11.9. The molecule has 4 heteroatoms. The molecule has 20 valence electrons. The van der Waals surface area contributed by atoms with Crippen LogP contribution in [0.1, 0.15) is 0 Å². The minimum absolute atomic E-state index is 0. The van der Waals surface area contributed by atoms with Crippen molar-refractivity contribution in [1.82, 2.24) is 0 Å². The van der Waals surface area contributed by atoms with Crippen molar-refractivity contribution in [3.63, 3.8) is 0 Å². The first-order valence-corrected chi connectivity index (χ1v) is 10.4. The Morgan fingerprint density at radius 2 is 1.25 bits per heavy atom. The summed E-state index contributed by atoms with van der Waals surface area (Å²) in [4.78, 5) is 0. The second-order valence-electron chi connectivity index (χ2n) is 0.577. The Morgan fingerprint density at radius 3 is 1.25 bits per heavy atom. The molecule has 0 amide bonds. The predicted molar refractivity (Wildman–Crippen MR) is 27.0 cm³/mol. The van der Waals surface area contributed by atoms with Crippen LogP contribution >= 0.6 is 0 Å². The normalized spacial score (nSPS) is 6.00. The third-order valence-corrected chi connectivity index (χ3v) is 0. The minimum atomic E-state index is 0. The summed E-state index contributed by atoms with van der Waals surface area (Å²) in [5, 5.41) is 0. The van der Waals surface area contributed by atoms with E-state index in [4.69, 9.17) is 0 Å². The summed E-state index contributed by atoms with van der Waals surface area (Å²) < 4.78 is 0. The Balaban J connectivity index is 0. The van der Waals surface area contributed by atoms with Crippen LogP contribution in [0.4, 0.5) is 0 Å². The van der Waals surface area contributed by atoms with Crippen molar-refractivity contribution in [2.45, 2.75) is 0 Å². The van der Waals surface area contributed by atoms with E-state index in [9.17, 15) is 0 Å². The maximum Gasteiger partial charge on any atom is 1.00 e. The van der Waals surface area contributed by atoms with Crippen LogP contribution < -0.4 is 51.4 Å². The predicted octanol–water partition coefficient (Wildman–Crippen LogP) is -6.01. The van der Waals surface area contributed by atoms with Crippen molar-refractivity contribution in [2.75, 3.05) is 0 Å². The van der Waals surface area contributed by atoms with E-state index in [1.54, 1.807) is 0 Å². The number of hydrogen-bond donors (Lipinski definition) is 0. The van der Waals surface area contributed by atoms with Crippen LogP contribution in [0.15, 0.2) is 0 Å². The van der Waals surface area contributed by atoms with Gasteiger partial charge < -0.3 is 0 Å². The molecule has 0 aliphatic carbocycles. The zero-order chi connectivity index (χ0) is 2.71. The van der Waals surface area contributed by atoms with E-state index in [-0.39, 0.29) is 51.4 Å². The van der Waals surface area contributed by atoms with Gasteiger partial charge in [0.25, 0.3) is 0 Å². The first kappa shape index (κ1) is 9.56. The van der Waals surface area contributed by atoms with Gasteiger partial charge in [-0.25, -0.2) is 0 Å². The van der Waals surface area contributed by atoms with Gasteiger partial charge in [-0.15, -0.1) is 19.5 Å². The molecule has 0 N–H and O–H groups in total. The Morgan fingerprint density at radius 1 is 1.25 bits per heavy atom. The zero-order valence-electron chi connectivity index (χ0n) is 3.58. The third-order valence-electron chi connectivity index (χ3n) is 0. The summed E-state index contributed by atoms with van der Waals surface area (Å²) >= 11 is 0. The number of rotatable bonds is 0. The maximum atomic E-state index is 1.51. The molecule has 0 aliphatic heterocycles. The van der Waals surface area contributed by atoms with Crippen molar-refractivity contribution >= 4 is 28.1 Å². The molecule has 0 atom stereocenters. The summed E-state index contributed by atoms with van der Waals surface area (Å²) in [7, 11) is 4.06. The molecule has 0 saturated carbocycles. The average Bonchev–Trinajstić information content (AvgIpc) is 0.918. The summed E-state index contributed by atoms with van der Waals surface area (Å²) in [6.45, 7) is 0. The molecule has 0 aromatic heterocycles. The summed E-state index contributed by atoms with van der Waals surface area (Å²) in [6, 6.07) is 0. The van der Waals surface area contributed by atoms with Crippen molar-refractivity contribution in [3.8, 4) is 0 Å². The van der Waals surface area contributed by atoms with Crippen LogP contribution in [0.3, 0.4) is 0 Å². The molecule has 0 aromatic carbocycles. The second kappa shape index (κ2) is 8.99. The Bertz CT molecular complexity index is 3.25. The molecule has 0 aliphatic rings. The van der Waals surface area contributed by atoms with Crippen molar-refractivity contribution in [1.29, 1.82) is 0 Å². The second-order valence-corrected chi connectivity index (χ2v) is 15.6. The molecule has 0 aromatic rings. The monoisotopic (exact) mass is 130 g/mol. The molecule has 4 heavy (non-hydrogen) atoms. The summed E-state index contributed by atoms with van der Waals surface area (Å²) in [5.41, 5.74) is 0. The van der Waals surface area contributed by atoms with Gasteiger partial charge in [0, 0.05) is 0 Å². The standard InChI is InChI=1S/K.H7Si3/c;1-3-2/h;3H,1-2H3/q+1;-1. The Hall–Kier alpha value is 2.29. The third kappa shape index (κ3) is 8.86. The molecule has 0 saturated heterocycles. The Labute approximate surface area is 77.8 Å². The molecule has 0 radical (unpaired) electrons. The van der Waals surface area contributed by atoms with E-state index in [0.29, 0.717) is 0 Å². The van der Waals surface area contributed by atoms with Gasteiger partial charge in [-0.1, -0.05) is 0 Å². The van der Waals surface area contributed by atoms with Crippen LogP contribution in [0.5, 0.6) is 0 Å². The van der Waals surface area contributed by atoms with Gasteiger partial charge in [0.15, 0.2) is 0 Å². The molecule has 0 bridgehead atoms. The Kier molecular flexibility index (Phi) is 21.5. The van der Waals surface area contributed by atoms with Crippen LogP contribution in [0.25, 0.3) is 0 Å². The first-order chi connectivity index (χ1) is 1.41. The smallest absolute Gasteiger partial charge is 0.293 e. The van der Waals surface area contributed by atoms with E-state index < -0.39 is 0 Å². The number of hydrogen-bond acceptors (Lipinski definition) is 0. The topological polar surface area (TPSA) is 0 Å². The van der Waals surface area contributed by atoms with E-state index >= 15 is 0 Å². The van der Waals surface area contributed by atoms with Crippen molar-refractivity contribution < 1.29 is 51.4 Å². The van der Waals surface area contributed by atoms with Gasteiger partial charge in [0.1, 0.15) is 0 Å². The van der Waals surface area contributed by atoms with Gasteiger partial charge in [-0.05, 0) is 0 Å². The molecule has 0 nitrogen and oxygen atoms in total. The summed E-state index contributed by atoms with van der Waals surface area (Å²) in [6.07, 6.45) is 0. The van der Waals surface area contributed by atoms with Gasteiger partial charge >= 0.3 is 51.4 Å². The fraction of sp³-hybridized carbons (Fsp3) is 0. The summed E-state index contributed by atoms with van der Waals surface area (Å²) in [5.74, 6) is 0.